The fourth-order valence-electron chi connectivity index (χ4n) is 3.63. The maximum Gasteiger partial charge on any atom is 0.251 e. The van der Waals surface area contributed by atoms with Gasteiger partial charge in [0.2, 0.25) is 5.91 Å². The molecule has 3 aromatic rings. The van der Waals surface area contributed by atoms with E-state index in [4.69, 9.17) is 5.73 Å². The van der Waals surface area contributed by atoms with Crippen LogP contribution >= 0.6 is 24.2 Å². The molecule has 4 rings (SSSR count). The Hall–Kier alpha value is -3.08. The molecule has 1 aliphatic heterocycles. The highest BCUT2D eigenvalue weighted by Gasteiger charge is 2.28. The number of halogens is 5. The van der Waals surface area contributed by atoms with E-state index in [9.17, 15) is 27.2 Å². The van der Waals surface area contributed by atoms with Gasteiger partial charge in [-0.3, -0.25) is 9.59 Å². The Labute approximate surface area is 209 Å². The molecule has 184 valence electrons. The SMILES string of the molecule is Cl.NCc1cc(C(=O)NCc2c(F)cc(F)cc2F)cc2c1SCC(=O)N2Cc1ccc(F)cc1. The zero-order valence-corrected chi connectivity index (χ0v) is 19.7. The number of rotatable bonds is 6. The van der Waals surface area contributed by atoms with Crippen LogP contribution in [0, 0.1) is 23.3 Å². The summed E-state index contributed by atoms with van der Waals surface area (Å²) in [5.41, 5.74) is 7.34. The monoisotopic (exact) mass is 525 g/mol. The number of thioether (sulfide) groups is 1. The van der Waals surface area contributed by atoms with Crippen molar-refractivity contribution in [1.29, 1.82) is 0 Å². The summed E-state index contributed by atoms with van der Waals surface area (Å²) < 4.78 is 54.2. The third kappa shape index (κ3) is 5.77. The molecule has 0 fully saturated rings. The van der Waals surface area contributed by atoms with E-state index < -0.39 is 41.3 Å². The maximum atomic E-state index is 13.9. The highest BCUT2D eigenvalue weighted by molar-refractivity contribution is 8.00. The van der Waals surface area contributed by atoms with Crippen LogP contribution in [0.2, 0.25) is 0 Å². The molecular weight excluding hydrogens is 506 g/mol. The fraction of sp³-hybridized carbons (Fsp3) is 0.167. The normalized spacial score (nSPS) is 12.7. The van der Waals surface area contributed by atoms with Crippen LogP contribution in [0.15, 0.2) is 53.4 Å². The van der Waals surface area contributed by atoms with Crippen molar-refractivity contribution in [2.75, 3.05) is 10.7 Å². The molecule has 2 amide bonds. The molecule has 0 atom stereocenters. The number of hydrogen-bond acceptors (Lipinski definition) is 4. The smallest absolute Gasteiger partial charge is 0.251 e. The molecule has 0 radical (unpaired) electrons. The predicted molar refractivity (Wildman–Crippen MR) is 127 cm³/mol. The molecule has 11 heteroatoms. The minimum absolute atomic E-state index is 0. The summed E-state index contributed by atoms with van der Waals surface area (Å²) in [5, 5.41) is 2.42. The lowest BCUT2D eigenvalue weighted by Gasteiger charge is -2.31. The van der Waals surface area contributed by atoms with Crippen LogP contribution in [-0.2, 0) is 24.4 Å². The number of anilines is 1. The highest BCUT2D eigenvalue weighted by atomic mass is 35.5. The molecule has 1 heterocycles. The Kier molecular flexibility index (Phi) is 8.42. The van der Waals surface area contributed by atoms with Crippen LogP contribution in [0.1, 0.15) is 27.0 Å². The van der Waals surface area contributed by atoms with Crippen molar-refractivity contribution >= 4 is 41.7 Å². The van der Waals surface area contributed by atoms with Gasteiger partial charge in [-0.25, -0.2) is 17.6 Å². The summed E-state index contributed by atoms with van der Waals surface area (Å²) in [5.74, 6) is -4.35. The van der Waals surface area contributed by atoms with Gasteiger partial charge >= 0.3 is 0 Å². The first-order chi connectivity index (χ1) is 16.3. The molecule has 0 saturated carbocycles. The van der Waals surface area contributed by atoms with E-state index in [0.717, 1.165) is 4.90 Å². The topological polar surface area (TPSA) is 75.4 Å². The van der Waals surface area contributed by atoms with Crippen LogP contribution in [0.4, 0.5) is 23.2 Å². The van der Waals surface area contributed by atoms with Crippen molar-refractivity contribution in [2.45, 2.75) is 24.5 Å². The maximum absolute atomic E-state index is 13.9. The quantitative estimate of drug-likeness (QED) is 0.458. The Balaban J connectivity index is 0.00000342. The second kappa shape index (κ2) is 11.1. The van der Waals surface area contributed by atoms with Crippen molar-refractivity contribution in [2.24, 2.45) is 5.73 Å². The zero-order chi connectivity index (χ0) is 24.4. The van der Waals surface area contributed by atoms with E-state index >= 15 is 0 Å². The number of hydrogen-bond donors (Lipinski definition) is 2. The van der Waals surface area contributed by atoms with Crippen molar-refractivity contribution in [3.05, 3.63) is 94.1 Å². The molecule has 35 heavy (non-hydrogen) atoms. The lowest BCUT2D eigenvalue weighted by atomic mass is 10.1. The molecule has 0 saturated heterocycles. The Morgan fingerprint density at radius 1 is 1.00 bits per heavy atom. The molecule has 0 bridgehead atoms. The first kappa shape index (κ1) is 26.5. The molecule has 0 aromatic heterocycles. The van der Waals surface area contributed by atoms with Crippen LogP contribution in [-0.4, -0.2) is 17.6 Å². The zero-order valence-electron chi connectivity index (χ0n) is 18.1. The van der Waals surface area contributed by atoms with Gasteiger partial charge in [0.05, 0.1) is 18.0 Å². The number of nitrogens with one attached hydrogen (secondary N) is 1. The average Bonchev–Trinajstić information content (AvgIpc) is 2.80. The largest absolute Gasteiger partial charge is 0.348 e. The lowest BCUT2D eigenvalue weighted by molar-refractivity contribution is -0.116. The molecule has 0 aliphatic carbocycles. The summed E-state index contributed by atoms with van der Waals surface area (Å²) in [7, 11) is 0. The molecule has 3 N–H and O–H groups in total. The van der Waals surface area contributed by atoms with E-state index in [2.05, 4.69) is 5.32 Å². The predicted octanol–water partition coefficient (Wildman–Crippen LogP) is 4.69. The minimum atomic E-state index is -1.11. The lowest BCUT2D eigenvalue weighted by Crippen LogP contribution is -2.35. The van der Waals surface area contributed by atoms with Crippen molar-refractivity contribution in [3.8, 4) is 0 Å². The van der Waals surface area contributed by atoms with Crippen LogP contribution in [0.25, 0.3) is 0 Å². The number of fused-ring (bicyclic) bond motifs is 1. The standard InChI is InChI=1S/C24H19F4N3O2S.ClH/c25-16-3-1-13(2-4-16)11-31-21-6-14(5-15(9-29)23(21)34-12-22(31)32)24(33)30-10-18-19(27)7-17(26)8-20(18)28;/h1-8H,9-12,29H2,(H,30,33);1H. The minimum Gasteiger partial charge on any atom is -0.348 e. The molecule has 3 aromatic carbocycles. The Morgan fingerprint density at radius 2 is 1.66 bits per heavy atom. The highest BCUT2D eigenvalue weighted by Crippen LogP contribution is 2.39. The number of nitrogens with two attached hydrogens (primary N) is 1. The van der Waals surface area contributed by atoms with Gasteiger partial charge < -0.3 is 16.0 Å². The fourth-order valence-corrected chi connectivity index (χ4v) is 4.69. The third-order valence-corrected chi connectivity index (χ3v) is 6.50. The van der Waals surface area contributed by atoms with Crippen LogP contribution in [0.5, 0.6) is 0 Å². The number of nitrogens with zero attached hydrogens (tertiary/aromatic N) is 1. The van der Waals surface area contributed by atoms with Crippen molar-refractivity contribution in [3.63, 3.8) is 0 Å². The number of carbonyl (C=O) groups is 2. The molecule has 1 aliphatic rings. The van der Waals surface area contributed by atoms with Gasteiger partial charge in [-0.1, -0.05) is 12.1 Å². The summed E-state index contributed by atoms with van der Waals surface area (Å²) >= 11 is 1.30. The second-order valence-electron chi connectivity index (χ2n) is 7.61. The van der Waals surface area contributed by atoms with Gasteiger partial charge in [0.1, 0.15) is 23.3 Å². The number of amides is 2. The average molecular weight is 526 g/mol. The molecule has 5 nitrogen and oxygen atoms in total. The number of carbonyl (C=O) groups excluding carboxylic acids is 2. The molecule has 0 spiro atoms. The Bertz CT molecular complexity index is 1250. The summed E-state index contributed by atoms with van der Waals surface area (Å²) in [6, 6.07) is 9.86. The van der Waals surface area contributed by atoms with E-state index in [0.29, 0.717) is 28.9 Å². The van der Waals surface area contributed by atoms with E-state index in [1.807, 2.05) is 0 Å². The summed E-state index contributed by atoms with van der Waals surface area (Å²) in [4.78, 5) is 27.8. The van der Waals surface area contributed by atoms with Gasteiger partial charge in [-0.2, -0.15) is 0 Å². The first-order valence-electron chi connectivity index (χ1n) is 10.2. The van der Waals surface area contributed by atoms with Crippen LogP contribution in [0.3, 0.4) is 0 Å². The van der Waals surface area contributed by atoms with E-state index in [-0.39, 0.29) is 42.7 Å². The van der Waals surface area contributed by atoms with E-state index in [1.54, 1.807) is 18.2 Å². The summed E-state index contributed by atoms with van der Waals surface area (Å²) in [6.45, 7) is -0.247. The summed E-state index contributed by atoms with van der Waals surface area (Å²) in [6.07, 6.45) is 0. The van der Waals surface area contributed by atoms with Crippen LogP contribution < -0.4 is 16.0 Å². The van der Waals surface area contributed by atoms with Crippen molar-refractivity contribution < 1.29 is 27.2 Å². The van der Waals surface area contributed by atoms with Gasteiger partial charge in [-0.05, 0) is 35.4 Å². The first-order valence-corrected chi connectivity index (χ1v) is 11.2. The third-order valence-electron chi connectivity index (χ3n) is 5.35. The second-order valence-corrected chi connectivity index (χ2v) is 8.60. The Morgan fingerprint density at radius 3 is 2.29 bits per heavy atom. The molecular formula is C24H20ClF4N3O2S. The van der Waals surface area contributed by atoms with Crippen molar-refractivity contribution in [1.82, 2.24) is 5.32 Å². The van der Waals surface area contributed by atoms with Gasteiger partial charge in [0.25, 0.3) is 5.91 Å². The number of benzene rings is 3. The van der Waals surface area contributed by atoms with Gasteiger partial charge in [-0.15, -0.1) is 24.2 Å². The molecule has 0 unspecified atom stereocenters. The van der Waals surface area contributed by atoms with Gasteiger partial charge in [0.15, 0.2) is 0 Å². The van der Waals surface area contributed by atoms with E-state index in [1.165, 1.54) is 34.9 Å². The van der Waals surface area contributed by atoms with Gasteiger partial charge in [0, 0.05) is 41.2 Å².